The second-order valence-corrected chi connectivity index (χ2v) is 8.99. The molecular weight excluding hydrogens is 254 g/mol. The van der Waals surface area contributed by atoms with Crippen molar-refractivity contribution in [3.05, 3.63) is 0 Å². The molecule has 112 valence electrons. The lowest BCUT2D eigenvalue weighted by atomic mass is 10.00. The molecule has 0 bridgehead atoms. The van der Waals surface area contributed by atoms with E-state index >= 15 is 0 Å². The monoisotopic (exact) mass is 285 g/mol. The van der Waals surface area contributed by atoms with Crippen LogP contribution in [0.15, 0.2) is 0 Å². The number of thioether (sulfide) groups is 1. The first-order valence-corrected chi connectivity index (χ1v) is 8.70. The average molecular weight is 286 g/mol. The van der Waals surface area contributed by atoms with Gasteiger partial charge in [-0.3, -0.25) is 4.90 Å². The van der Waals surface area contributed by atoms with Gasteiger partial charge in [0.2, 0.25) is 0 Å². The molecule has 0 radical (unpaired) electrons. The summed E-state index contributed by atoms with van der Waals surface area (Å²) < 4.78 is 0.466. The second-order valence-electron chi connectivity index (χ2n) is 7.18. The fourth-order valence-corrected chi connectivity index (χ4v) is 4.28. The van der Waals surface area contributed by atoms with Crippen LogP contribution in [0.1, 0.15) is 34.1 Å². The SMILES string of the molecule is CC1(C)CCN(CC(C)(C)N2CCNCC2)CCS1. The van der Waals surface area contributed by atoms with Gasteiger partial charge in [-0.15, -0.1) is 0 Å². The summed E-state index contributed by atoms with van der Waals surface area (Å²) in [5, 5.41) is 3.45. The number of piperazine rings is 1. The summed E-state index contributed by atoms with van der Waals surface area (Å²) in [5.74, 6) is 1.28. The van der Waals surface area contributed by atoms with Crippen LogP contribution in [0.5, 0.6) is 0 Å². The van der Waals surface area contributed by atoms with E-state index in [0.717, 1.165) is 13.1 Å². The van der Waals surface area contributed by atoms with E-state index in [2.05, 4.69) is 54.6 Å². The fraction of sp³-hybridized carbons (Fsp3) is 1.00. The van der Waals surface area contributed by atoms with E-state index in [1.165, 1.54) is 44.9 Å². The molecule has 2 fully saturated rings. The van der Waals surface area contributed by atoms with Gasteiger partial charge in [0, 0.05) is 55.3 Å². The zero-order chi connectivity index (χ0) is 13.9. The Kier molecular flexibility index (Phi) is 5.21. The molecule has 1 N–H and O–H groups in total. The minimum absolute atomic E-state index is 0.307. The van der Waals surface area contributed by atoms with Gasteiger partial charge in [-0.25, -0.2) is 0 Å². The molecule has 19 heavy (non-hydrogen) atoms. The number of hydrogen-bond donors (Lipinski definition) is 1. The topological polar surface area (TPSA) is 18.5 Å². The zero-order valence-corrected chi connectivity index (χ0v) is 14.0. The summed E-state index contributed by atoms with van der Waals surface area (Å²) in [4.78, 5) is 5.34. The first-order chi connectivity index (χ1) is 8.89. The lowest BCUT2D eigenvalue weighted by molar-refractivity contribution is 0.0648. The van der Waals surface area contributed by atoms with Crippen molar-refractivity contribution >= 4 is 11.8 Å². The number of rotatable bonds is 3. The van der Waals surface area contributed by atoms with Gasteiger partial charge in [0.05, 0.1) is 0 Å². The molecule has 2 rings (SSSR count). The maximum absolute atomic E-state index is 3.45. The van der Waals surface area contributed by atoms with Crippen LogP contribution in [0.25, 0.3) is 0 Å². The number of nitrogens with zero attached hydrogens (tertiary/aromatic N) is 2. The van der Waals surface area contributed by atoms with Crippen molar-refractivity contribution in [1.29, 1.82) is 0 Å². The highest BCUT2D eigenvalue weighted by Gasteiger charge is 2.31. The Morgan fingerprint density at radius 1 is 1.11 bits per heavy atom. The standard InChI is InChI=1S/C15H31N3S/c1-14(2,18-9-6-16-7-10-18)13-17-8-5-15(3,4)19-12-11-17/h16H,5-13H2,1-4H3. The molecule has 0 unspecified atom stereocenters. The lowest BCUT2D eigenvalue weighted by Gasteiger charge is -2.43. The molecule has 0 spiro atoms. The van der Waals surface area contributed by atoms with Crippen LogP contribution in [-0.2, 0) is 0 Å². The molecule has 2 saturated heterocycles. The van der Waals surface area contributed by atoms with Gasteiger partial charge < -0.3 is 10.2 Å². The Labute approximate surface area is 123 Å². The molecule has 0 atom stereocenters. The van der Waals surface area contributed by atoms with Gasteiger partial charge in [0.1, 0.15) is 0 Å². The van der Waals surface area contributed by atoms with Crippen LogP contribution in [-0.4, -0.2) is 71.7 Å². The molecule has 0 aromatic carbocycles. The minimum atomic E-state index is 0.307. The van der Waals surface area contributed by atoms with Crippen molar-refractivity contribution in [1.82, 2.24) is 15.1 Å². The van der Waals surface area contributed by atoms with E-state index in [0.29, 0.717) is 10.3 Å². The van der Waals surface area contributed by atoms with Crippen molar-refractivity contribution < 1.29 is 0 Å². The molecule has 3 nitrogen and oxygen atoms in total. The first kappa shape index (κ1) is 15.6. The second kappa shape index (κ2) is 6.33. The predicted octanol–water partition coefficient (Wildman–Crippen LogP) is 1.89. The molecule has 0 aromatic rings. The highest BCUT2D eigenvalue weighted by atomic mass is 32.2. The molecule has 0 aromatic heterocycles. The van der Waals surface area contributed by atoms with Crippen LogP contribution in [0.3, 0.4) is 0 Å². The average Bonchev–Trinajstić information content (AvgIpc) is 2.52. The van der Waals surface area contributed by atoms with Crippen molar-refractivity contribution in [2.24, 2.45) is 0 Å². The fourth-order valence-electron chi connectivity index (χ4n) is 3.14. The van der Waals surface area contributed by atoms with Crippen molar-refractivity contribution in [3.8, 4) is 0 Å². The Bertz CT molecular complexity index is 285. The quantitative estimate of drug-likeness (QED) is 0.853. The van der Waals surface area contributed by atoms with E-state index in [-0.39, 0.29) is 0 Å². The van der Waals surface area contributed by atoms with Gasteiger partial charge in [0.25, 0.3) is 0 Å². The largest absolute Gasteiger partial charge is 0.314 e. The van der Waals surface area contributed by atoms with E-state index < -0.39 is 0 Å². The molecule has 0 aliphatic carbocycles. The van der Waals surface area contributed by atoms with Crippen LogP contribution in [0, 0.1) is 0 Å². The Morgan fingerprint density at radius 3 is 2.47 bits per heavy atom. The van der Waals surface area contributed by atoms with Crippen LogP contribution in [0.2, 0.25) is 0 Å². The first-order valence-electron chi connectivity index (χ1n) is 7.71. The predicted molar refractivity (Wildman–Crippen MR) is 86.1 cm³/mol. The third-order valence-corrected chi connectivity index (χ3v) is 5.89. The smallest absolute Gasteiger partial charge is 0.0281 e. The van der Waals surface area contributed by atoms with Gasteiger partial charge in [-0.05, 0) is 26.8 Å². The van der Waals surface area contributed by atoms with Gasteiger partial charge >= 0.3 is 0 Å². The summed E-state index contributed by atoms with van der Waals surface area (Å²) in [7, 11) is 0. The van der Waals surface area contributed by atoms with E-state index in [1.807, 2.05) is 0 Å². The molecular formula is C15H31N3S. The maximum atomic E-state index is 3.45. The van der Waals surface area contributed by atoms with E-state index in [1.54, 1.807) is 0 Å². The number of nitrogens with one attached hydrogen (secondary N) is 1. The highest BCUT2D eigenvalue weighted by Crippen LogP contribution is 2.31. The van der Waals surface area contributed by atoms with Gasteiger partial charge in [0.15, 0.2) is 0 Å². The molecule has 4 heteroatoms. The molecule has 2 aliphatic rings. The van der Waals surface area contributed by atoms with Crippen molar-refractivity contribution in [2.75, 3.05) is 51.6 Å². The third kappa shape index (κ3) is 4.62. The molecule has 0 saturated carbocycles. The van der Waals surface area contributed by atoms with Gasteiger partial charge in [-0.2, -0.15) is 11.8 Å². The third-order valence-electron chi connectivity index (χ3n) is 4.51. The summed E-state index contributed by atoms with van der Waals surface area (Å²) in [6.45, 7) is 18.0. The van der Waals surface area contributed by atoms with Crippen LogP contribution >= 0.6 is 11.8 Å². The Balaban J connectivity index is 1.88. The summed E-state index contributed by atoms with van der Waals surface area (Å²) in [5.41, 5.74) is 0.307. The maximum Gasteiger partial charge on any atom is 0.0281 e. The number of hydrogen-bond acceptors (Lipinski definition) is 4. The molecule has 0 amide bonds. The minimum Gasteiger partial charge on any atom is -0.314 e. The Hall–Kier alpha value is 0.230. The Morgan fingerprint density at radius 2 is 1.79 bits per heavy atom. The molecule has 2 heterocycles. The normalized spacial score (nSPS) is 27.2. The summed E-state index contributed by atoms with van der Waals surface area (Å²) in [6, 6.07) is 0. The molecule has 2 aliphatic heterocycles. The van der Waals surface area contributed by atoms with E-state index in [4.69, 9.17) is 0 Å². The van der Waals surface area contributed by atoms with E-state index in [9.17, 15) is 0 Å². The lowest BCUT2D eigenvalue weighted by Crippen LogP contribution is -2.57. The summed E-state index contributed by atoms with van der Waals surface area (Å²) in [6.07, 6.45) is 1.31. The van der Waals surface area contributed by atoms with Gasteiger partial charge in [-0.1, -0.05) is 13.8 Å². The highest BCUT2D eigenvalue weighted by molar-refractivity contribution is 8.00. The van der Waals surface area contributed by atoms with Crippen molar-refractivity contribution in [3.63, 3.8) is 0 Å². The zero-order valence-electron chi connectivity index (χ0n) is 13.2. The summed E-state index contributed by atoms with van der Waals surface area (Å²) >= 11 is 2.14. The van der Waals surface area contributed by atoms with Crippen LogP contribution < -0.4 is 5.32 Å². The van der Waals surface area contributed by atoms with Crippen molar-refractivity contribution in [2.45, 2.75) is 44.4 Å². The van der Waals surface area contributed by atoms with Crippen LogP contribution in [0.4, 0.5) is 0 Å².